The number of hydrogen-bond donors (Lipinski definition) is 0. The summed E-state index contributed by atoms with van der Waals surface area (Å²) in [7, 11) is 2.16. The summed E-state index contributed by atoms with van der Waals surface area (Å²) in [5.74, 6) is 2.00. The minimum Gasteiger partial charge on any atom is -0.344 e. The summed E-state index contributed by atoms with van der Waals surface area (Å²) < 4.78 is 0. The number of hydrogen-bond acceptors (Lipinski definition) is 4. The number of fused-ring (bicyclic) bond motifs is 6. The first-order chi connectivity index (χ1) is 24.2. The fraction of sp³-hybridized carbons (Fsp3) is 0.152. The van der Waals surface area contributed by atoms with Crippen LogP contribution < -0.4 is 4.90 Å². The van der Waals surface area contributed by atoms with Crippen LogP contribution in [0.15, 0.2) is 140 Å². The van der Waals surface area contributed by atoms with Crippen molar-refractivity contribution in [3.63, 3.8) is 0 Å². The number of rotatable bonds is 5. The first-order valence-electron chi connectivity index (χ1n) is 17.4. The quantitative estimate of drug-likeness (QED) is 0.187. The third kappa shape index (κ3) is 4.48. The zero-order valence-corrected chi connectivity index (χ0v) is 29.1. The summed E-state index contributed by atoms with van der Waals surface area (Å²) in [6.45, 7) is 9.26. The van der Waals surface area contributed by atoms with E-state index in [0.29, 0.717) is 17.5 Å². The average Bonchev–Trinajstić information content (AvgIpc) is 3.55. The zero-order chi connectivity index (χ0) is 34.2. The first kappa shape index (κ1) is 30.2. The molecular formula is C46H38N4. The fourth-order valence-electron chi connectivity index (χ4n) is 8.27. The lowest BCUT2D eigenvalue weighted by molar-refractivity contribution is 0.660. The molecule has 0 bridgehead atoms. The van der Waals surface area contributed by atoms with Crippen molar-refractivity contribution in [1.82, 2.24) is 15.0 Å². The highest BCUT2D eigenvalue weighted by molar-refractivity contribution is 5.93. The lowest BCUT2D eigenvalue weighted by Crippen LogP contribution is -2.15. The van der Waals surface area contributed by atoms with Crippen LogP contribution in [0.5, 0.6) is 0 Å². The maximum Gasteiger partial charge on any atom is 0.164 e. The Kier molecular flexibility index (Phi) is 6.69. The third-order valence-corrected chi connectivity index (χ3v) is 11.0. The van der Waals surface area contributed by atoms with Crippen LogP contribution in [0.4, 0.5) is 11.4 Å². The first-order valence-corrected chi connectivity index (χ1v) is 17.4. The molecule has 0 N–H and O–H groups in total. The van der Waals surface area contributed by atoms with Crippen molar-refractivity contribution in [2.45, 2.75) is 38.5 Å². The normalized spacial score (nSPS) is 14.4. The number of aromatic nitrogens is 3. The summed E-state index contributed by atoms with van der Waals surface area (Å²) in [5.41, 5.74) is 15.5. The van der Waals surface area contributed by atoms with E-state index < -0.39 is 0 Å². The minimum absolute atomic E-state index is 0.0454. The van der Waals surface area contributed by atoms with Crippen molar-refractivity contribution in [3.8, 4) is 56.4 Å². The number of nitrogens with zero attached hydrogens (tertiary/aromatic N) is 4. The highest BCUT2D eigenvalue weighted by Crippen LogP contribution is 2.53. The van der Waals surface area contributed by atoms with E-state index in [1.165, 1.54) is 50.2 Å². The molecule has 2 aliphatic rings. The molecule has 0 spiro atoms. The summed E-state index contributed by atoms with van der Waals surface area (Å²) in [5, 5.41) is 0. The minimum atomic E-state index is -0.112. The van der Waals surface area contributed by atoms with Crippen molar-refractivity contribution < 1.29 is 0 Å². The summed E-state index contributed by atoms with van der Waals surface area (Å²) >= 11 is 0. The van der Waals surface area contributed by atoms with Gasteiger partial charge in [-0.25, -0.2) is 15.0 Å². The predicted molar refractivity (Wildman–Crippen MR) is 206 cm³/mol. The van der Waals surface area contributed by atoms with Crippen LogP contribution in [0, 0.1) is 0 Å². The van der Waals surface area contributed by atoms with Crippen LogP contribution in [0.1, 0.15) is 49.9 Å². The van der Waals surface area contributed by atoms with E-state index in [9.17, 15) is 0 Å². The Morgan fingerprint density at radius 1 is 0.400 bits per heavy atom. The Morgan fingerprint density at radius 2 is 0.860 bits per heavy atom. The van der Waals surface area contributed by atoms with Gasteiger partial charge in [-0.1, -0.05) is 137 Å². The van der Waals surface area contributed by atoms with Gasteiger partial charge in [-0.05, 0) is 69.3 Å². The number of anilines is 2. The topological polar surface area (TPSA) is 41.9 Å². The standard InChI is InChI=1S/C46H38N4/c1-45(2)35-20-11-9-17-32(35)40-34(19-13-22-37(40)45)44-48-42(29-15-7-6-8-16-29)47-43(49-44)30-25-27-31(28-26-30)50(5)39-24-14-23-38-41(39)33-18-10-12-21-36(33)46(38,3)4/h6-28H,1-5H3. The van der Waals surface area contributed by atoms with Gasteiger partial charge in [0.05, 0.1) is 0 Å². The molecule has 7 aromatic rings. The van der Waals surface area contributed by atoms with Gasteiger partial charge < -0.3 is 4.90 Å². The Morgan fingerprint density at radius 3 is 1.50 bits per heavy atom. The molecule has 9 rings (SSSR count). The Balaban J connectivity index is 1.15. The highest BCUT2D eigenvalue weighted by atomic mass is 15.1. The van der Waals surface area contributed by atoms with E-state index in [4.69, 9.17) is 15.0 Å². The lowest BCUT2D eigenvalue weighted by Gasteiger charge is -2.25. The molecule has 6 aromatic carbocycles. The Hall–Kier alpha value is -5.87. The van der Waals surface area contributed by atoms with Gasteiger partial charge in [0.15, 0.2) is 17.5 Å². The van der Waals surface area contributed by atoms with Gasteiger partial charge in [0, 0.05) is 51.5 Å². The monoisotopic (exact) mass is 646 g/mol. The molecule has 0 aliphatic heterocycles. The smallest absolute Gasteiger partial charge is 0.164 e. The van der Waals surface area contributed by atoms with Gasteiger partial charge in [0.1, 0.15) is 0 Å². The van der Waals surface area contributed by atoms with Crippen molar-refractivity contribution in [2.24, 2.45) is 0 Å². The van der Waals surface area contributed by atoms with E-state index in [-0.39, 0.29) is 10.8 Å². The molecule has 0 radical (unpaired) electrons. The molecule has 1 aromatic heterocycles. The second-order valence-electron chi connectivity index (χ2n) is 14.5. The van der Waals surface area contributed by atoms with Crippen molar-refractivity contribution in [3.05, 3.63) is 162 Å². The van der Waals surface area contributed by atoms with Gasteiger partial charge in [0.25, 0.3) is 0 Å². The molecule has 4 nitrogen and oxygen atoms in total. The lowest BCUT2D eigenvalue weighted by atomic mass is 9.82. The second-order valence-corrected chi connectivity index (χ2v) is 14.5. The van der Waals surface area contributed by atoms with Crippen LogP contribution in [-0.4, -0.2) is 22.0 Å². The Labute approximate surface area is 294 Å². The summed E-state index contributed by atoms with van der Waals surface area (Å²) in [4.78, 5) is 17.6. The van der Waals surface area contributed by atoms with E-state index in [1.54, 1.807) is 0 Å². The summed E-state index contributed by atoms with van der Waals surface area (Å²) in [6.07, 6.45) is 0. The third-order valence-electron chi connectivity index (χ3n) is 11.0. The van der Waals surface area contributed by atoms with Crippen LogP contribution in [0.2, 0.25) is 0 Å². The largest absolute Gasteiger partial charge is 0.344 e. The van der Waals surface area contributed by atoms with E-state index in [2.05, 4.69) is 161 Å². The summed E-state index contributed by atoms with van der Waals surface area (Å²) in [6, 6.07) is 49.6. The van der Waals surface area contributed by atoms with Crippen LogP contribution in [0.25, 0.3) is 56.4 Å². The van der Waals surface area contributed by atoms with Gasteiger partial charge in [-0.15, -0.1) is 0 Å². The second kappa shape index (κ2) is 11.1. The van der Waals surface area contributed by atoms with Gasteiger partial charge in [-0.3, -0.25) is 0 Å². The molecule has 0 amide bonds. The maximum absolute atomic E-state index is 5.18. The van der Waals surface area contributed by atoms with Crippen molar-refractivity contribution in [1.29, 1.82) is 0 Å². The van der Waals surface area contributed by atoms with Crippen LogP contribution in [-0.2, 0) is 10.8 Å². The molecule has 1 heterocycles. The zero-order valence-electron chi connectivity index (χ0n) is 29.1. The average molecular weight is 647 g/mol. The predicted octanol–water partition coefficient (Wildman–Crippen LogP) is 11.3. The van der Waals surface area contributed by atoms with E-state index in [0.717, 1.165) is 22.4 Å². The molecule has 2 aliphatic carbocycles. The van der Waals surface area contributed by atoms with Gasteiger partial charge >= 0.3 is 0 Å². The molecule has 0 saturated heterocycles. The molecule has 0 atom stereocenters. The molecule has 0 fully saturated rings. The molecule has 0 unspecified atom stereocenters. The highest BCUT2D eigenvalue weighted by Gasteiger charge is 2.38. The van der Waals surface area contributed by atoms with Gasteiger partial charge in [0.2, 0.25) is 0 Å². The molecule has 4 heteroatoms. The van der Waals surface area contributed by atoms with E-state index >= 15 is 0 Å². The molecule has 242 valence electrons. The van der Waals surface area contributed by atoms with Crippen LogP contribution >= 0.6 is 0 Å². The van der Waals surface area contributed by atoms with Crippen LogP contribution in [0.3, 0.4) is 0 Å². The number of benzene rings is 6. The molecule has 50 heavy (non-hydrogen) atoms. The fourth-order valence-corrected chi connectivity index (χ4v) is 8.27. The van der Waals surface area contributed by atoms with Crippen molar-refractivity contribution in [2.75, 3.05) is 11.9 Å². The molecular weight excluding hydrogens is 609 g/mol. The Bertz CT molecular complexity index is 2440. The maximum atomic E-state index is 5.18. The van der Waals surface area contributed by atoms with Gasteiger partial charge in [-0.2, -0.15) is 0 Å². The van der Waals surface area contributed by atoms with Crippen molar-refractivity contribution >= 4 is 11.4 Å². The van der Waals surface area contributed by atoms with E-state index in [1.807, 2.05) is 18.2 Å². The SMILES string of the molecule is CN(c1ccc(-c2nc(-c3ccccc3)nc(-c3cccc4c3-c3ccccc3C4(C)C)n2)cc1)c1cccc2c1-c1ccccc1C2(C)C. The molecule has 0 saturated carbocycles.